The van der Waals surface area contributed by atoms with Crippen molar-refractivity contribution < 1.29 is 19.1 Å². The van der Waals surface area contributed by atoms with Crippen LogP contribution in [0.5, 0.6) is 11.5 Å². The minimum atomic E-state index is -0.945. The van der Waals surface area contributed by atoms with Gasteiger partial charge in [0.25, 0.3) is 5.91 Å². The zero-order valence-electron chi connectivity index (χ0n) is 11.5. The lowest BCUT2D eigenvalue weighted by atomic mass is 10.0. The highest BCUT2D eigenvalue weighted by molar-refractivity contribution is 6.03. The van der Waals surface area contributed by atoms with Gasteiger partial charge < -0.3 is 14.4 Å². The number of rotatable bonds is 3. The molecule has 1 aliphatic rings. The molecular formula is C14H17NO4. The molecule has 2 rings (SSSR count). The molecule has 1 heterocycles. The first-order chi connectivity index (χ1) is 8.94. The largest absolute Gasteiger partial charge is 0.493 e. The summed E-state index contributed by atoms with van der Waals surface area (Å²) in [5.74, 6) is 0.825. The normalized spacial score (nSPS) is 16.6. The molecule has 1 aliphatic heterocycles. The van der Waals surface area contributed by atoms with Crippen molar-refractivity contribution in [1.82, 2.24) is 0 Å². The van der Waals surface area contributed by atoms with E-state index in [9.17, 15) is 9.59 Å². The minimum Gasteiger partial charge on any atom is -0.493 e. The number of carbonyl (C=O) groups is 2. The van der Waals surface area contributed by atoms with Crippen LogP contribution in [0.1, 0.15) is 31.1 Å². The van der Waals surface area contributed by atoms with E-state index in [1.54, 1.807) is 30.9 Å². The zero-order chi connectivity index (χ0) is 14.2. The van der Waals surface area contributed by atoms with E-state index in [0.717, 1.165) is 6.29 Å². The van der Waals surface area contributed by atoms with E-state index < -0.39 is 5.60 Å². The van der Waals surface area contributed by atoms with E-state index in [2.05, 4.69) is 0 Å². The number of hydrogen-bond acceptors (Lipinski definition) is 4. The fourth-order valence-electron chi connectivity index (χ4n) is 2.18. The number of benzene rings is 1. The molecule has 0 saturated heterocycles. The molecular weight excluding hydrogens is 246 g/mol. The van der Waals surface area contributed by atoms with Crippen molar-refractivity contribution in [2.24, 2.45) is 0 Å². The Balaban J connectivity index is 2.68. The molecule has 1 aromatic rings. The molecule has 0 aromatic heterocycles. The van der Waals surface area contributed by atoms with Gasteiger partial charge >= 0.3 is 0 Å². The van der Waals surface area contributed by atoms with Crippen LogP contribution in [-0.2, 0) is 4.79 Å². The minimum absolute atomic E-state index is 0.132. The topological polar surface area (TPSA) is 55.8 Å². The Hall–Kier alpha value is -2.04. The molecule has 0 unspecified atom stereocenters. The molecule has 0 radical (unpaired) electrons. The third-order valence-electron chi connectivity index (χ3n) is 3.14. The summed E-state index contributed by atoms with van der Waals surface area (Å²) >= 11 is 0. The maximum atomic E-state index is 12.3. The smallest absolute Gasteiger partial charge is 0.270 e. The van der Waals surface area contributed by atoms with Gasteiger partial charge in [-0.1, -0.05) is 0 Å². The van der Waals surface area contributed by atoms with Crippen molar-refractivity contribution in [3.63, 3.8) is 0 Å². The first kappa shape index (κ1) is 13.4. The lowest BCUT2D eigenvalue weighted by Crippen LogP contribution is -2.52. The van der Waals surface area contributed by atoms with E-state index in [-0.39, 0.29) is 5.91 Å². The second kappa shape index (κ2) is 4.57. The highest BCUT2D eigenvalue weighted by Crippen LogP contribution is 2.44. The van der Waals surface area contributed by atoms with E-state index in [4.69, 9.17) is 9.47 Å². The Morgan fingerprint density at radius 2 is 2.11 bits per heavy atom. The number of ether oxygens (including phenoxy) is 2. The predicted molar refractivity (Wildman–Crippen MR) is 71.1 cm³/mol. The second-order valence-corrected chi connectivity index (χ2v) is 4.85. The lowest BCUT2D eigenvalue weighted by Gasteiger charge is -2.38. The number of hydrogen-bond donors (Lipinski definition) is 0. The summed E-state index contributed by atoms with van der Waals surface area (Å²) in [6.45, 7) is 5.81. The summed E-state index contributed by atoms with van der Waals surface area (Å²) in [6, 6.07) is 3.24. The van der Waals surface area contributed by atoms with E-state index in [1.807, 2.05) is 6.92 Å². The van der Waals surface area contributed by atoms with E-state index >= 15 is 0 Å². The van der Waals surface area contributed by atoms with Crippen LogP contribution in [0.2, 0.25) is 0 Å². The van der Waals surface area contributed by atoms with Gasteiger partial charge in [-0.2, -0.15) is 0 Å². The highest BCUT2D eigenvalue weighted by Gasteiger charge is 2.41. The number of likely N-dealkylation sites (N-methyl/N-ethyl adjacent to an activating group) is 1. The zero-order valence-corrected chi connectivity index (χ0v) is 11.5. The van der Waals surface area contributed by atoms with Gasteiger partial charge in [-0.15, -0.1) is 0 Å². The van der Waals surface area contributed by atoms with Crippen molar-refractivity contribution in [2.75, 3.05) is 18.6 Å². The van der Waals surface area contributed by atoms with Crippen LogP contribution in [0.3, 0.4) is 0 Å². The highest BCUT2D eigenvalue weighted by atomic mass is 16.5. The van der Waals surface area contributed by atoms with Crippen LogP contribution in [0, 0.1) is 0 Å². The van der Waals surface area contributed by atoms with Crippen molar-refractivity contribution >= 4 is 17.9 Å². The van der Waals surface area contributed by atoms with Crippen LogP contribution in [0.25, 0.3) is 0 Å². The van der Waals surface area contributed by atoms with Crippen LogP contribution in [-0.4, -0.2) is 31.4 Å². The number of fused-ring (bicyclic) bond motifs is 1. The third-order valence-corrected chi connectivity index (χ3v) is 3.14. The maximum Gasteiger partial charge on any atom is 0.270 e. The molecule has 0 bridgehead atoms. The molecule has 5 heteroatoms. The number of amides is 1. The summed E-state index contributed by atoms with van der Waals surface area (Å²) in [5.41, 5.74) is 0.0809. The predicted octanol–water partition coefficient (Wildman–Crippen LogP) is 2.03. The maximum absolute atomic E-state index is 12.3. The summed E-state index contributed by atoms with van der Waals surface area (Å²) in [7, 11) is 1.51. The average molecular weight is 263 g/mol. The van der Waals surface area contributed by atoms with Crippen molar-refractivity contribution in [3.05, 3.63) is 17.7 Å². The number of nitrogens with zero attached hydrogens (tertiary/aromatic N) is 1. The SMILES string of the molecule is CCN1C(=O)C(C)(C)Oc2c(OC)cc(C=O)cc21. The average Bonchev–Trinajstić information content (AvgIpc) is 2.39. The van der Waals surface area contributed by atoms with Crippen molar-refractivity contribution in [3.8, 4) is 11.5 Å². The van der Waals surface area contributed by atoms with Crippen molar-refractivity contribution in [2.45, 2.75) is 26.4 Å². The Morgan fingerprint density at radius 1 is 1.42 bits per heavy atom. The summed E-state index contributed by atoms with van der Waals surface area (Å²) in [5, 5.41) is 0. The fourth-order valence-corrected chi connectivity index (χ4v) is 2.18. The first-order valence-corrected chi connectivity index (χ1v) is 6.12. The van der Waals surface area contributed by atoms with Crippen LogP contribution in [0.15, 0.2) is 12.1 Å². The molecule has 5 nitrogen and oxygen atoms in total. The summed E-state index contributed by atoms with van der Waals surface area (Å²) in [6.07, 6.45) is 0.723. The molecule has 0 spiro atoms. The van der Waals surface area contributed by atoms with Gasteiger partial charge in [-0.25, -0.2) is 0 Å². The number of aldehydes is 1. The molecule has 19 heavy (non-hydrogen) atoms. The fraction of sp³-hybridized carbons (Fsp3) is 0.429. The van der Waals surface area contributed by atoms with E-state index in [0.29, 0.717) is 29.3 Å². The molecule has 102 valence electrons. The quantitative estimate of drug-likeness (QED) is 0.783. The van der Waals surface area contributed by atoms with Gasteiger partial charge in [0, 0.05) is 12.1 Å². The van der Waals surface area contributed by atoms with Gasteiger partial charge in [0.05, 0.1) is 12.8 Å². The number of anilines is 1. The Bertz CT molecular complexity index is 536. The van der Waals surface area contributed by atoms with Gasteiger partial charge in [-0.3, -0.25) is 9.59 Å². The Morgan fingerprint density at radius 3 is 2.63 bits per heavy atom. The monoisotopic (exact) mass is 263 g/mol. The summed E-state index contributed by atoms with van der Waals surface area (Å²) in [4.78, 5) is 24.9. The number of carbonyl (C=O) groups excluding carboxylic acids is 2. The number of methoxy groups -OCH3 is 1. The Labute approximate surface area is 112 Å². The molecule has 0 fully saturated rings. The van der Waals surface area contributed by atoms with Crippen molar-refractivity contribution in [1.29, 1.82) is 0 Å². The molecule has 0 atom stereocenters. The molecule has 1 aromatic carbocycles. The van der Waals surface area contributed by atoms with Crippen LogP contribution in [0.4, 0.5) is 5.69 Å². The standard InChI is InChI=1S/C14H17NO4/c1-5-15-10-6-9(8-16)7-11(18-4)12(10)19-14(2,3)13(15)17/h6-8H,5H2,1-4H3. The van der Waals surface area contributed by atoms with Gasteiger partial charge in [0.15, 0.2) is 17.1 Å². The molecule has 1 amide bonds. The third kappa shape index (κ3) is 2.05. The van der Waals surface area contributed by atoms with Gasteiger partial charge in [-0.05, 0) is 32.9 Å². The second-order valence-electron chi connectivity index (χ2n) is 4.85. The Kier molecular flexibility index (Phi) is 3.22. The first-order valence-electron chi connectivity index (χ1n) is 6.12. The summed E-state index contributed by atoms with van der Waals surface area (Å²) < 4.78 is 11.0. The van der Waals surface area contributed by atoms with E-state index in [1.165, 1.54) is 7.11 Å². The van der Waals surface area contributed by atoms with Crippen LogP contribution >= 0.6 is 0 Å². The van der Waals surface area contributed by atoms with Gasteiger partial charge in [0.2, 0.25) is 0 Å². The lowest BCUT2D eigenvalue weighted by molar-refractivity contribution is -0.132. The van der Waals surface area contributed by atoms with Gasteiger partial charge in [0.1, 0.15) is 6.29 Å². The van der Waals surface area contributed by atoms with Crippen LogP contribution < -0.4 is 14.4 Å². The molecule has 0 saturated carbocycles. The molecule has 0 aliphatic carbocycles. The molecule has 0 N–H and O–H groups in total.